The number of epoxide rings is 1. The van der Waals surface area contributed by atoms with Gasteiger partial charge < -0.3 is 14.0 Å². The Hall–Kier alpha value is -2.38. The minimum atomic E-state index is -2.66. The maximum atomic E-state index is 16.4. The molecule has 0 aliphatic carbocycles. The van der Waals surface area contributed by atoms with Crippen LogP contribution in [0.15, 0.2) is 48.5 Å². The second-order valence-corrected chi connectivity index (χ2v) is 9.00. The van der Waals surface area contributed by atoms with Crippen LogP contribution in [0.2, 0.25) is 0 Å². The zero-order chi connectivity index (χ0) is 21.3. The largest absolute Gasteiger partial charge is 0.459 e. The molecule has 7 heteroatoms. The summed E-state index contributed by atoms with van der Waals surface area (Å²) < 4.78 is 55.4. The molecule has 3 aliphatic heterocycles. The molecule has 5 rings (SSSR count). The van der Waals surface area contributed by atoms with Crippen molar-refractivity contribution in [3.8, 4) is 0 Å². The lowest BCUT2D eigenvalue weighted by molar-refractivity contribution is -0.938. The highest BCUT2D eigenvalue weighted by Gasteiger charge is 2.71. The van der Waals surface area contributed by atoms with Gasteiger partial charge in [-0.25, -0.2) is 18.0 Å². The summed E-state index contributed by atoms with van der Waals surface area (Å²) in [4.78, 5) is 13.2. The number of morpholine rings is 1. The van der Waals surface area contributed by atoms with Gasteiger partial charge in [0.1, 0.15) is 42.0 Å². The van der Waals surface area contributed by atoms with Crippen LogP contribution in [0.1, 0.15) is 24.0 Å². The van der Waals surface area contributed by atoms with Crippen molar-refractivity contribution in [2.75, 3.05) is 14.1 Å². The second-order valence-electron chi connectivity index (χ2n) is 9.00. The summed E-state index contributed by atoms with van der Waals surface area (Å²) in [6.45, 7) is 0. The van der Waals surface area contributed by atoms with E-state index in [4.69, 9.17) is 9.47 Å². The smallest absolute Gasteiger partial charge is 0.353 e. The fraction of sp³-hybridized carbons (Fsp3) is 0.435. The van der Waals surface area contributed by atoms with E-state index in [0.717, 1.165) is 28.7 Å². The number of hydrogen-bond donors (Lipinski definition) is 0. The summed E-state index contributed by atoms with van der Waals surface area (Å²) in [6.07, 6.45) is 1.13. The van der Waals surface area contributed by atoms with Gasteiger partial charge in [0, 0.05) is 24.0 Å². The molecule has 2 bridgehead atoms. The summed E-state index contributed by atoms with van der Waals surface area (Å²) in [5.74, 6) is -2.15. The Bertz CT molecular complexity index is 911. The molecule has 4 nitrogen and oxygen atoms in total. The first-order valence-corrected chi connectivity index (χ1v) is 10.1. The third kappa shape index (κ3) is 2.87. The van der Waals surface area contributed by atoms with Gasteiger partial charge in [0.05, 0.1) is 14.1 Å². The lowest BCUT2D eigenvalue weighted by Crippen LogP contribution is -2.60. The topological polar surface area (TPSA) is 38.8 Å². The van der Waals surface area contributed by atoms with Gasteiger partial charge in [0.15, 0.2) is 0 Å². The van der Waals surface area contributed by atoms with Gasteiger partial charge in [-0.15, -0.1) is 0 Å². The molecule has 30 heavy (non-hydrogen) atoms. The number of benzene rings is 2. The molecule has 0 spiro atoms. The Morgan fingerprint density at radius 3 is 1.80 bits per heavy atom. The first-order valence-electron chi connectivity index (χ1n) is 10.1. The van der Waals surface area contributed by atoms with Crippen LogP contribution < -0.4 is 0 Å². The summed E-state index contributed by atoms with van der Waals surface area (Å²) in [6, 6.07) is 9.63. The van der Waals surface area contributed by atoms with E-state index < -0.39 is 29.4 Å². The van der Waals surface area contributed by atoms with Crippen molar-refractivity contribution >= 4 is 5.97 Å². The molecule has 4 unspecified atom stereocenters. The third-order valence-corrected chi connectivity index (χ3v) is 7.08. The van der Waals surface area contributed by atoms with E-state index >= 15 is 4.39 Å². The van der Waals surface area contributed by atoms with E-state index in [9.17, 15) is 13.6 Å². The molecule has 2 aromatic rings. The van der Waals surface area contributed by atoms with Crippen LogP contribution >= 0.6 is 0 Å². The number of alkyl halides is 1. The zero-order valence-electron chi connectivity index (χ0n) is 16.7. The van der Waals surface area contributed by atoms with Crippen LogP contribution in [0.4, 0.5) is 13.2 Å². The van der Waals surface area contributed by atoms with E-state index in [1.54, 1.807) is 0 Å². The highest BCUT2D eigenvalue weighted by atomic mass is 19.1. The lowest BCUT2D eigenvalue weighted by atomic mass is 9.87. The molecule has 3 heterocycles. The number of fused-ring (bicyclic) bond motifs is 5. The van der Waals surface area contributed by atoms with Crippen LogP contribution in [-0.4, -0.2) is 54.9 Å². The molecule has 3 aliphatic rings. The molecular weight excluding hydrogens is 395 g/mol. The van der Waals surface area contributed by atoms with Crippen LogP contribution in [0, 0.1) is 11.6 Å². The number of carbonyl (C=O) groups excluding carboxylic acids is 1. The van der Waals surface area contributed by atoms with E-state index in [2.05, 4.69) is 14.1 Å². The maximum absolute atomic E-state index is 16.4. The Morgan fingerprint density at radius 2 is 1.37 bits per heavy atom. The average Bonchev–Trinajstić information content (AvgIpc) is 3.47. The van der Waals surface area contributed by atoms with Gasteiger partial charge in [0.25, 0.3) is 5.67 Å². The number of quaternary nitrogens is 1. The maximum Gasteiger partial charge on any atom is 0.353 e. The fourth-order valence-electron chi connectivity index (χ4n) is 5.30. The molecule has 0 aromatic heterocycles. The number of hydrogen-bond acceptors (Lipinski definition) is 3. The highest BCUT2D eigenvalue weighted by molar-refractivity contribution is 5.85. The molecule has 0 N–H and O–H groups in total. The number of carbonyl (C=O) groups is 1. The number of rotatable bonds is 4. The quantitative estimate of drug-likeness (QED) is 0.434. The van der Waals surface area contributed by atoms with E-state index in [0.29, 0.717) is 12.8 Å². The standard InChI is InChI=1S/C23H23F3NO3/c1-27(2)18-11-17(12-19(27)21-20(18)30-21)29-22(28)23(26,13-3-7-15(24)8-4-13)14-5-9-16(25)10-6-14/h3-10,17-21H,11-12H2,1-2H3/q+1/t17?,18?,19?,20-,21?/m1/s1. The van der Waals surface area contributed by atoms with Crippen molar-refractivity contribution in [1.82, 2.24) is 0 Å². The minimum absolute atomic E-state index is 0.0541. The monoisotopic (exact) mass is 418 g/mol. The second kappa shape index (κ2) is 6.56. The van der Waals surface area contributed by atoms with Gasteiger partial charge in [0.2, 0.25) is 0 Å². The first-order chi connectivity index (χ1) is 14.2. The number of esters is 1. The summed E-state index contributed by atoms with van der Waals surface area (Å²) in [7, 11) is 4.30. The van der Waals surface area contributed by atoms with Crippen LogP contribution in [0.25, 0.3) is 0 Å². The molecule has 0 amide bonds. The number of ether oxygens (including phenoxy) is 2. The van der Waals surface area contributed by atoms with E-state index in [1.807, 2.05) is 0 Å². The van der Waals surface area contributed by atoms with Gasteiger partial charge in [-0.3, -0.25) is 0 Å². The Labute approximate surface area is 172 Å². The molecule has 0 saturated carbocycles. The van der Waals surface area contributed by atoms with Gasteiger partial charge >= 0.3 is 5.97 Å². The molecule has 2 aromatic carbocycles. The number of halogens is 3. The van der Waals surface area contributed by atoms with Crippen LogP contribution in [-0.2, 0) is 19.9 Å². The molecule has 158 valence electrons. The number of piperidine rings is 1. The predicted octanol–water partition coefficient (Wildman–Crippen LogP) is 3.48. The van der Waals surface area contributed by atoms with Crippen LogP contribution in [0.5, 0.6) is 0 Å². The van der Waals surface area contributed by atoms with Crippen LogP contribution in [0.3, 0.4) is 0 Å². The Kier molecular flexibility index (Phi) is 4.28. The average molecular weight is 418 g/mol. The van der Waals surface area contributed by atoms with Crippen molar-refractivity contribution in [2.24, 2.45) is 0 Å². The first kappa shape index (κ1) is 19.6. The number of likely N-dealkylation sites (N-methyl/N-ethyl adjacent to an activating group) is 1. The SMILES string of the molecule is C[N+]1(C)C2CC(OC(=O)C(F)(c3ccc(F)cc3)c3ccc(F)cc3)CC1[C@H]1OC21. The van der Waals surface area contributed by atoms with Crippen molar-refractivity contribution in [3.05, 3.63) is 71.3 Å². The van der Waals surface area contributed by atoms with E-state index in [-0.39, 0.29) is 35.4 Å². The third-order valence-electron chi connectivity index (χ3n) is 7.08. The normalized spacial score (nSPS) is 31.2. The van der Waals surface area contributed by atoms with Crippen molar-refractivity contribution < 1.29 is 31.9 Å². The van der Waals surface area contributed by atoms with Crippen molar-refractivity contribution in [1.29, 1.82) is 0 Å². The molecule has 3 saturated heterocycles. The Balaban J connectivity index is 1.44. The van der Waals surface area contributed by atoms with Crippen molar-refractivity contribution in [2.45, 2.75) is 48.9 Å². The Morgan fingerprint density at radius 1 is 0.933 bits per heavy atom. The van der Waals surface area contributed by atoms with E-state index in [1.165, 1.54) is 24.3 Å². The van der Waals surface area contributed by atoms with Gasteiger partial charge in [-0.2, -0.15) is 0 Å². The minimum Gasteiger partial charge on any atom is -0.459 e. The fourth-order valence-corrected chi connectivity index (χ4v) is 5.30. The zero-order valence-corrected chi connectivity index (χ0v) is 16.7. The summed E-state index contributed by atoms with van der Waals surface area (Å²) >= 11 is 0. The number of nitrogens with zero attached hydrogens (tertiary/aromatic N) is 1. The lowest BCUT2D eigenvalue weighted by Gasteiger charge is -2.45. The summed E-state index contributed by atoms with van der Waals surface area (Å²) in [5.41, 5.74) is -2.77. The predicted molar refractivity (Wildman–Crippen MR) is 102 cm³/mol. The molecule has 3 fully saturated rings. The highest BCUT2D eigenvalue weighted by Crippen LogP contribution is 2.52. The molecule has 5 atom stereocenters. The van der Waals surface area contributed by atoms with Crippen molar-refractivity contribution in [3.63, 3.8) is 0 Å². The molecular formula is C23H23F3NO3+. The van der Waals surface area contributed by atoms with Gasteiger partial charge in [-0.05, 0) is 24.3 Å². The van der Waals surface area contributed by atoms with Gasteiger partial charge in [-0.1, -0.05) is 24.3 Å². The summed E-state index contributed by atoms with van der Waals surface area (Å²) in [5, 5.41) is 0. The molecule has 0 radical (unpaired) electrons.